The van der Waals surface area contributed by atoms with E-state index in [1.807, 2.05) is 11.6 Å². The third kappa shape index (κ3) is 6.59. The number of carbonyl (C=O) groups excluding carboxylic acids is 1. The molecule has 0 saturated heterocycles. The normalized spacial score (nSPS) is 20.1. The van der Waals surface area contributed by atoms with Gasteiger partial charge in [-0.2, -0.15) is 5.10 Å². The molecule has 1 aliphatic carbocycles. The minimum Gasteiger partial charge on any atom is -0.356 e. The van der Waals surface area contributed by atoms with Crippen LogP contribution in [0.25, 0.3) is 0 Å². The molecule has 1 saturated carbocycles. The first-order valence-electron chi connectivity index (χ1n) is 10.2. The van der Waals surface area contributed by atoms with Crippen molar-refractivity contribution in [1.82, 2.24) is 30.3 Å². The van der Waals surface area contributed by atoms with Crippen molar-refractivity contribution in [3.63, 3.8) is 0 Å². The van der Waals surface area contributed by atoms with Gasteiger partial charge in [0.05, 0.1) is 6.54 Å². The maximum absolute atomic E-state index is 12.0. The fourth-order valence-corrected chi connectivity index (χ4v) is 3.82. The van der Waals surface area contributed by atoms with Gasteiger partial charge in [0.1, 0.15) is 18.2 Å². The summed E-state index contributed by atoms with van der Waals surface area (Å²) in [6.07, 6.45) is 8.46. The molecule has 1 unspecified atom stereocenters. The van der Waals surface area contributed by atoms with Crippen molar-refractivity contribution < 1.29 is 4.79 Å². The second-order valence-corrected chi connectivity index (χ2v) is 7.98. The summed E-state index contributed by atoms with van der Waals surface area (Å²) in [5, 5.41) is 11.5. The minimum atomic E-state index is 0. The molecule has 0 bridgehead atoms. The number of nitrogens with one attached hydrogen (secondary N) is 2. The number of likely N-dealkylation sites (N-methyl/N-ethyl adjacent to an activating group) is 1. The summed E-state index contributed by atoms with van der Waals surface area (Å²) in [5.74, 6) is 3.33. The van der Waals surface area contributed by atoms with Crippen molar-refractivity contribution in [2.75, 3.05) is 27.2 Å². The predicted octanol–water partition coefficient (Wildman–Crippen LogP) is 1.72. The molecular formula is C19H34IN7O. The summed E-state index contributed by atoms with van der Waals surface area (Å²) in [4.78, 5) is 22.5. The smallest absolute Gasteiger partial charge is 0.243 e. The monoisotopic (exact) mass is 503 g/mol. The van der Waals surface area contributed by atoms with E-state index in [4.69, 9.17) is 0 Å². The maximum Gasteiger partial charge on any atom is 0.243 e. The summed E-state index contributed by atoms with van der Waals surface area (Å²) in [6.45, 7) is 3.79. The molecule has 1 atom stereocenters. The highest BCUT2D eigenvalue weighted by molar-refractivity contribution is 14.0. The van der Waals surface area contributed by atoms with E-state index in [2.05, 4.69) is 25.7 Å². The lowest BCUT2D eigenvalue weighted by molar-refractivity contribution is -0.127. The fourth-order valence-electron chi connectivity index (χ4n) is 3.82. The Kier molecular flexibility index (Phi) is 8.97. The molecule has 0 spiro atoms. The van der Waals surface area contributed by atoms with E-state index >= 15 is 0 Å². The van der Waals surface area contributed by atoms with Crippen LogP contribution in [0.5, 0.6) is 0 Å². The van der Waals surface area contributed by atoms with Gasteiger partial charge in [0, 0.05) is 33.1 Å². The zero-order chi connectivity index (χ0) is 19.2. The van der Waals surface area contributed by atoms with Crippen molar-refractivity contribution >= 4 is 35.8 Å². The Morgan fingerprint density at radius 2 is 2.00 bits per heavy atom. The molecule has 158 valence electrons. The largest absolute Gasteiger partial charge is 0.356 e. The quantitative estimate of drug-likeness (QED) is 0.363. The number of guanidine groups is 1. The van der Waals surface area contributed by atoms with E-state index in [0.717, 1.165) is 43.5 Å². The first kappa shape index (κ1) is 22.9. The van der Waals surface area contributed by atoms with Crippen molar-refractivity contribution in [3.8, 4) is 0 Å². The second-order valence-electron chi connectivity index (χ2n) is 7.98. The Balaban J connectivity index is 0.00000280. The van der Waals surface area contributed by atoms with Crippen LogP contribution in [0.3, 0.4) is 0 Å². The van der Waals surface area contributed by atoms with Crippen molar-refractivity contribution in [3.05, 3.63) is 11.6 Å². The molecule has 1 aromatic heterocycles. The Morgan fingerprint density at radius 3 is 2.71 bits per heavy atom. The van der Waals surface area contributed by atoms with E-state index < -0.39 is 0 Å². The van der Waals surface area contributed by atoms with E-state index in [1.165, 1.54) is 32.1 Å². The summed E-state index contributed by atoms with van der Waals surface area (Å²) in [5.41, 5.74) is 0. The van der Waals surface area contributed by atoms with Crippen LogP contribution < -0.4 is 10.6 Å². The molecule has 2 aliphatic rings. The third-order valence-electron chi connectivity index (χ3n) is 5.46. The Hall–Kier alpha value is -1.39. The molecule has 0 radical (unpaired) electrons. The lowest BCUT2D eigenvalue weighted by Crippen LogP contribution is -2.48. The number of hydrogen-bond donors (Lipinski definition) is 2. The molecule has 2 N–H and O–H groups in total. The third-order valence-corrected chi connectivity index (χ3v) is 5.46. The topological polar surface area (TPSA) is 87.4 Å². The van der Waals surface area contributed by atoms with Gasteiger partial charge in [0.15, 0.2) is 5.96 Å². The van der Waals surface area contributed by atoms with Crippen LogP contribution in [0.2, 0.25) is 0 Å². The van der Waals surface area contributed by atoms with Gasteiger partial charge in [-0.3, -0.25) is 4.79 Å². The number of carbonyl (C=O) groups is 1. The molecule has 3 rings (SSSR count). The number of aromatic nitrogens is 3. The zero-order valence-electron chi connectivity index (χ0n) is 17.3. The van der Waals surface area contributed by atoms with Gasteiger partial charge in [0.2, 0.25) is 5.91 Å². The number of halogens is 1. The summed E-state index contributed by atoms with van der Waals surface area (Å²) >= 11 is 0. The average Bonchev–Trinajstić information content (AvgIpc) is 3.03. The van der Waals surface area contributed by atoms with Crippen molar-refractivity contribution in [2.24, 2.45) is 10.9 Å². The van der Waals surface area contributed by atoms with Gasteiger partial charge in [-0.1, -0.05) is 19.3 Å². The number of nitrogens with zero attached hydrogens (tertiary/aromatic N) is 5. The lowest BCUT2D eigenvalue weighted by Gasteiger charge is -2.27. The number of aryl methyl sites for hydroxylation is 2. The fraction of sp³-hybridized carbons (Fsp3) is 0.789. The number of fused-ring (bicyclic) bond motifs is 1. The molecule has 28 heavy (non-hydrogen) atoms. The number of hydrogen-bond acceptors (Lipinski definition) is 4. The maximum atomic E-state index is 12.0. The van der Waals surface area contributed by atoms with Crippen molar-refractivity contribution in [1.29, 1.82) is 0 Å². The molecule has 1 amide bonds. The van der Waals surface area contributed by atoms with E-state index in [9.17, 15) is 4.79 Å². The summed E-state index contributed by atoms with van der Waals surface area (Å²) in [7, 11) is 3.52. The number of aliphatic imine (C=N–C) groups is 1. The molecule has 1 aromatic rings. The predicted molar refractivity (Wildman–Crippen MR) is 121 cm³/mol. The Bertz CT molecular complexity index is 667. The standard InChI is InChI=1S/C19H33N7O.HI/c1-14-22-17-10-9-16(13-26(17)24-14)23-19(21-12-18(27)25(2)3)20-11-15-7-5-4-6-8-15;/h15-16H,4-13H2,1-3H3,(H2,20,21,23);1H. The van der Waals surface area contributed by atoms with Crippen LogP contribution in [0, 0.1) is 12.8 Å². The van der Waals surface area contributed by atoms with Gasteiger partial charge >= 0.3 is 0 Å². The van der Waals surface area contributed by atoms with E-state index in [0.29, 0.717) is 5.92 Å². The van der Waals surface area contributed by atoms with Crippen LogP contribution >= 0.6 is 24.0 Å². The van der Waals surface area contributed by atoms with Crippen LogP contribution in [0.15, 0.2) is 4.99 Å². The van der Waals surface area contributed by atoms with E-state index in [-0.39, 0.29) is 42.5 Å². The molecule has 0 aromatic carbocycles. The van der Waals surface area contributed by atoms with Gasteiger partial charge in [0.25, 0.3) is 0 Å². The Morgan fingerprint density at radius 1 is 1.25 bits per heavy atom. The highest BCUT2D eigenvalue weighted by Crippen LogP contribution is 2.22. The molecule has 8 nitrogen and oxygen atoms in total. The SMILES string of the molecule is Cc1nc2n(n1)CC(NC(=NCC(=O)N(C)C)NCC1CCCCC1)CC2.I. The number of amides is 1. The molecule has 1 fully saturated rings. The van der Waals surface area contributed by atoms with Gasteiger partial charge in [-0.05, 0) is 32.1 Å². The van der Waals surface area contributed by atoms with Gasteiger partial charge in [-0.25, -0.2) is 14.7 Å². The van der Waals surface area contributed by atoms with Crippen LogP contribution in [0.1, 0.15) is 50.2 Å². The number of rotatable bonds is 5. The van der Waals surface area contributed by atoms with Crippen LogP contribution in [-0.2, 0) is 17.8 Å². The Labute approximate surface area is 185 Å². The zero-order valence-corrected chi connectivity index (χ0v) is 19.6. The van der Waals surface area contributed by atoms with Crippen LogP contribution in [-0.4, -0.2) is 64.8 Å². The second kappa shape index (κ2) is 11.0. The first-order valence-corrected chi connectivity index (χ1v) is 10.2. The first-order chi connectivity index (χ1) is 13.0. The minimum absolute atomic E-state index is 0. The molecule has 2 heterocycles. The molecule has 9 heteroatoms. The highest BCUT2D eigenvalue weighted by atomic mass is 127. The molecule has 1 aliphatic heterocycles. The van der Waals surface area contributed by atoms with Gasteiger partial charge < -0.3 is 15.5 Å². The van der Waals surface area contributed by atoms with E-state index in [1.54, 1.807) is 19.0 Å². The lowest BCUT2D eigenvalue weighted by atomic mass is 9.89. The molecular weight excluding hydrogens is 469 g/mol. The van der Waals surface area contributed by atoms with Crippen molar-refractivity contribution in [2.45, 2.75) is 64.5 Å². The highest BCUT2D eigenvalue weighted by Gasteiger charge is 2.22. The van der Waals surface area contributed by atoms with Gasteiger partial charge in [-0.15, -0.1) is 24.0 Å². The van der Waals surface area contributed by atoms with Crippen LogP contribution in [0.4, 0.5) is 0 Å². The summed E-state index contributed by atoms with van der Waals surface area (Å²) in [6, 6.07) is 0.241. The summed E-state index contributed by atoms with van der Waals surface area (Å²) < 4.78 is 1.99. The average molecular weight is 503 g/mol.